The molecule has 2 rings (SSSR count). The number of hydrogen-bond donors (Lipinski definition) is 2. The molecule has 1 amide bonds. The lowest BCUT2D eigenvalue weighted by molar-refractivity contribution is -0.146. The Kier molecular flexibility index (Phi) is 4.80. The van der Waals surface area contributed by atoms with Gasteiger partial charge in [-0.3, -0.25) is 9.59 Å². The average Bonchev–Trinajstić information content (AvgIpc) is 2.41. The van der Waals surface area contributed by atoms with Crippen molar-refractivity contribution in [2.75, 3.05) is 5.32 Å². The van der Waals surface area contributed by atoms with E-state index in [1.165, 1.54) is 0 Å². The van der Waals surface area contributed by atoms with Crippen LogP contribution < -0.4 is 5.32 Å². The second-order valence-electron chi connectivity index (χ2n) is 4.94. The zero-order chi connectivity index (χ0) is 14.7. The van der Waals surface area contributed by atoms with Crippen LogP contribution in [0.1, 0.15) is 18.4 Å². The Morgan fingerprint density at radius 2 is 1.90 bits per heavy atom. The van der Waals surface area contributed by atoms with Crippen molar-refractivity contribution >= 4 is 40.2 Å². The number of carbonyl (C=O) groups excluding carboxylic acids is 1. The summed E-state index contributed by atoms with van der Waals surface area (Å²) < 4.78 is 1.10. The van der Waals surface area contributed by atoms with Gasteiger partial charge in [0, 0.05) is 9.26 Å². The molecule has 0 aromatic heterocycles. The third-order valence-electron chi connectivity index (χ3n) is 3.53. The molecule has 0 aliphatic heterocycles. The van der Waals surface area contributed by atoms with E-state index in [1.807, 2.05) is 37.3 Å². The van der Waals surface area contributed by atoms with Crippen LogP contribution in [0.2, 0.25) is 0 Å². The molecular formula is C15H16INO3. The SMILES string of the molecule is Cc1cc(I)ccc1NC(=O)[C@@H]1CC=CC[C@@H]1C(=O)O. The molecule has 106 valence electrons. The van der Waals surface area contributed by atoms with Crippen LogP contribution in [0, 0.1) is 22.3 Å². The molecule has 2 N–H and O–H groups in total. The minimum absolute atomic E-state index is 0.217. The van der Waals surface area contributed by atoms with Crippen molar-refractivity contribution in [2.24, 2.45) is 11.8 Å². The molecule has 5 heteroatoms. The van der Waals surface area contributed by atoms with Gasteiger partial charge in [-0.15, -0.1) is 0 Å². The molecule has 1 aromatic rings. The van der Waals surface area contributed by atoms with Gasteiger partial charge in [0.1, 0.15) is 0 Å². The topological polar surface area (TPSA) is 66.4 Å². The number of allylic oxidation sites excluding steroid dienone is 2. The van der Waals surface area contributed by atoms with E-state index in [0.717, 1.165) is 14.8 Å². The van der Waals surface area contributed by atoms with Gasteiger partial charge < -0.3 is 10.4 Å². The van der Waals surface area contributed by atoms with Crippen molar-refractivity contribution in [2.45, 2.75) is 19.8 Å². The summed E-state index contributed by atoms with van der Waals surface area (Å²) in [5.74, 6) is -2.26. The van der Waals surface area contributed by atoms with E-state index in [1.54, 1.807) is 0 Å². The molecular weight excluding hydrogens is 369 g/mol. The number of amides is 1. The normalized spacial score (nSPS) is 21.5. The van der Waals surface area contributed by atoms with E-state index in [4.69, 9.17) is 0 Å². The fourth-order valence-corrected chi connectivity index (χ4v) is 3.02. The molecule has 0 saturated heterocycles. The van der Waals surface area contributed by atoms with Crippen LogP contribution in [0.5, 0.6) is 0 Å². The van der Waals surface area contributed by atoms with Crippen LogP contribution >= 0.6 is 22.6 Å². The Morgan fingerprint density at radius 3 is 2.50 bits per heavy atom. The number of halogens is 1. The van der Waals surface area contributed by atoms with Crippen LogP contribution in [0.3, 0.4) is 0 Å². The van der Waals surface area contributed by atoms with Gasteiger partial charge in [0.25, 0.3) is 0 Å². The molecule has 2 atom stereocenters. The van der Waals surface area contributed by atoms with E-state index < -0.39 is 17.8 Å². The highest BCUT2D eigenvalue weighted by molar-refractivity contribution is 14.1. The molecule has 0 heterocycles. The molecule has 20 heavy (non-hydrogen) atoms. The largest absolute Gasteiger partial charge is 0.481 e. The van der Waals surface area contributed by atoms with Crippen LogP contribution in [-0.4, -0.2) is 17.0 Å². The van der Waals surface area contributed by atoms with Crippen molar-refractivity contribution in [3.63, 3.8) is 0 Å². The molecule has 0 saturated carbocycles. The van der Waals surface area contributed by atoms with Gasteiger partial charge in [-0.25, -0.2) is 0 Å². The zero-order valence-corrected chi connectivity index (χ0v) is 13.3. The Bertz CT molecular complexity index is 568. The van der Waals surface area contributed by atoms with Gasteiger partial charge >= 0.3 is 5.97 Å². The first-order chi connectivity index (χ1) is 9.49. The first-order valence-corrected chi connectivity index (χ1v) is 7.51. The number of benzene rings is 1. The number of carboxylic acid groups (broad SMARTS) is 1. The molecule has 0 spiro atoms. The van der Waals surface area contributed by atoms with Crippen LogP contribution in [-0.2, 0) is 9.59 Å². The van der Waals surface area contributed by atoms with E-state index >= 15 is 0 Å². The number of nitrogens with one attached hydrogen (secondary N) is 1. The molecule has 1 aliphatic carbocycles. The maximum absolute atomic E-state index is 12.3. The summed E-state index contributed by atoms with van der Waals surface area (Å²) in [5, 5.41) is 12.1. The Labute approximate surface area is 131 Å². The monoisotopic (exact) mass is 385 g/mol. The lowest BCUT2D eigenvalue weighted by Gasteiger charge is -2.24. The van der Waals surface area contributed by atoms with Gasteiger partial charge in [0.2, 0.25) is 5.91 Å². The predicted octanol–water partition coefficient (Wildman–Crippen LogP) is 3.21. The highest BCUT2D eigenvalue weighted by Crippen LogP contribution is 2.28. The Hall–Kier alpha value is -1.37. The van der Waals surface area contributed by atoms with Crippen LogP contribution in [0.15, 0.2) is 30.4 Å². The summed E-state index contributed by atoms with van der Waals surface area (Å²) in [6.07, 6.45) is 4.61. The van der Waals surface area contributed by atoms with Crippen molar-refractivity contribution < 1.29 is 14.7 Å². The predicted molar refractivity (Wildman–Crippen MR) is 85.5 cm³/mol. The molecule has 1 aliphatic rings. The number of aliphatic carboxylic acids is 1. The van der Waals surface area contributed by atoms with Crippen molar-refractivity contribution in [1.29, 1.82) is 0 Å². The summed E-state index contributed by atoms with van der Waals surface area (Å²) in [6, 6.07) is 5.74. The highest BCUT2D eigenvalue weighted by atomic mass is 127. The first kappa shape index (κ1) is 15.0. The number of hydrogen-bond acceptors (Lipinski definition) is 2. The van der Waals surface area contributed by atoms with Crippen LogP contribution in [0.25, 0.3) is 0 Å². The van der Waals surface area contributed by atoms with Gasteiger partial charge in [0.05, 0.1) is 11.8 Å². The molecule has 4 nitrogen and oxygen atoms in total. The summed E-state index contributed by atoms with van der Waals surface area (Å²) in [4.78, 5) is 23.5. The van der Waals surface area contributed by atoms with Gasteiger partial charge in [-0.05, 0) is 66.1 Å². The minimum atomic E-state index is -0.908. The molecule has 0 radical (unpaired) electrons. The Balaban J connectivity index is 2.14. The smallest absolute Gasteiger partial charge is 0.307 e. The number of anilines is 1. The van der Waals surface area contributed by atoms with E-state index in [2.05, 4.69) is 27.9 Å². The summed E-state index contributed by atoms with van der Waals surface area (Å²) >= 11 is 2.21. The average molecular weight is 385 g/mol. The standard InChI is InChI=1S/C15H16INO3/c1-9-8-10(16)6-7-13(9)17-14(18)11-4-2-3-5-12(11)15(19)20/h2-3,6-8,11-12H,4-5H2,1H3,(H,17,18)(H,19,20)/t11-,12+/m1/s1. The van der Waals surface area contributed by atoms with Gasteiger partial charge in [-0.1, -0.05) is 12.2 Å². The second-order valence-corrected chi connectivity index (χ2v) is 6.19. The second kappa shape index (κ2) is 6.39. The van der Waals surface area contributed by atoms with Crippen molar-refractivity contribution in [3.8, 4) is 0 Å². The fraction of sp³-hybridized carbons (Fsp3) is 0.333. The summed E-state index contributed by atoms with van der Waals surface area (Å²) in [5.41, 5.74) is 1.72. The minimum Gasteiger partial charge on any atom is -0.481 e. The van der Waals surface area contributed by atoms with Crippen molar-refractivity contribution in [3.05, 3.63) is 39.5 Å². The maximum atomic E-state index is 12.3. The summed E-state index contributed by atoms with van der Waals surface area (Å²) in [7, 11) is 0. The first-order valence-electron chi connectivity index (χ1n) is 6.44. The number of rotatable bonds is 3. The van der Waals surface area contributed by atoms with Crippen LogP contribution in [0.4, 0.5) is 5.69 Å². The Morgan fingerprint density at radius 1 is 1.25 bits per heavy atom. The third-order valence-corrected chi connectivity index (χ3v) is 4.20. The van der Waals surface area contributed by atoms with E-state index in [9.17, 15) is 14.7 Å². The quantitative estimate of drug-likeness (QED) is 0.621. The molecule has 0 fully saturated rings. The number of carbonyl (C=O) groups is 2. The van der Waals surface area contributed by atoms with E-state index in [-0.39, 0.29) is 5.91 Å². The lowest BCUT2D eigenvalue weighted by Crippen LogP contribution is -2.34. The maximum Gasteiger partial charge on any atom is 0.307 e. The third kappa shape index (κ3) is 3.39. The molecule has 0 bridgehead atoms. The van der Waals surface area contributed by atoms with Gasteiger partial charge in [0.15, 0.2) is 0 Å². The van der Waals surface area contributed by atoms with Gasteiger partial charge in [-0.2, -0.15) is 0 Å². The number of aryl methyl sites for hydroxylation is 1. The highest BCUT2D eigenvalue weighted by Gasteiger charge is 2.34. The fourth-order valence-electron chi connectivity index (χ4n) is 2.37. The lowest BCUT2D eigenvalue weighted by atomic mass is 9.82. The number of carboxylic acids is 1. The summed E-state index contributed by atoms with van der Waals surface area (Å²) in [6.45, 7) is 1.92. The van der Waals surface area contributed by atoms with Crippen molar-refractivity contribution in [1.82, 2.24) is 0 Å². The van der Waals surface area contributed by atoms with E-state index in [0.29, 0.717) is 12.8 Å². The molecule has 0 unspecified atom stereocenters. The molecule has 1 aromatic carbocycles. The zero-order valence-electron chi connectivity index (χ0n) is 11.1.